The molecule has 1 amide bonds. The van der Waals surface area contributed by atoms with Crippen molar-refractivity contribution in [1.82, 2.24) is 4.90 Å². The maximum Gasteiger partial charge on any atom is 0.305 e. The minimum absolute atomic E-state index is 0.237. The molecule has 1 rings (SSSR count). The number of hydrogen-bond acceptors (Lipinski definition) is 3. The van der Waals surface area contributed by atoms with Crippen LogP contribution in [-0.4, -0.2) is 29.3 Å². The molecule has 0 saturated heterocycles. The van der Waals surface area contributed by atoms with E-state index in [4.69, 9.17) is 0 Å². The Bertz CT molecular complexity index is 477. The normalized spacial score (nSPS) is 10.1. The van der Waals surface area contributed by atoms with Gasteiger partial charge in [-0.25, -0.2) is 4.39 Å². The molecule has 0 aliphatic carbocycles. The van der Waals surface area contributed by atoms with Crippen molar-refractivity contribution in [2.75, 3.05) is 13.6 Å². The zero-order valence-corrected chi connectivity index (χ0v) is 9.24. The number of rotatable bonds is 3. The molecule has 1 aromatic rings. The largest absolute Gasteiger partial charge is 0.342 e. The summed E-state index contributed by atoms with van der Waals surface area (Å²) in [5.41, 5.74) is -1.82. The second-order valence-electron chi connectivity index (χ2n) is 3.33. The highest BCUT2D eigenvalue weighted by molar-refractivity contribution is 5.95. The van der Waals surface area contributed by atoms with E-state index in [9.17, 15) is 23.7 Å². The Morgan fingerprint density at radius 2 is 2.06 bits per heavy atom. The third kappa shape index (κ3) is 2.38. The van der Waals surface area contributed by atoms with E-state index in [0.29, 0.717) is 12.1 Å². The van der Waals surface area contributed by atoms with Gasteiger partial charge >= 0.3 is 5.69 Å². The van der Waals surface area contributed by atoms with Gasteiger partial charge in [0.2, 0.25) is 5.82 Å². The molecule has 0 radical (unpaired) electrons. The van der Waals surface area contributed by atoms with Crippen LogP contribution >= 0.6 is 0 Å². The average molecular weight is 244 g/mol. The van der Waals surface area contributed by atoms with Gasteiger partial charge in [-0.05, 0) is 13.0 Å². The molecule has 0 aliphatic rings. The first-order chi connectivity index (χ1) is 7.90. The van der Waals surface area contributed by atoms with Gasteiger partial charge in [0, 0.05) is 19.7 Å². The predicted octanol–water partition coefficient (Wildman–Crippen LogP) is 1.96. The fraction of sp³-hybridized carbons (Fsp3) is 0.300. The predicted molar refractivity (Wildman–Crippen MR) is 55.6 cm³/mol. The van der Waals surface area contributed by atoms with Crippen LogP contribution in [0.25, 0.3) is 0 Å². The van der Waals surface area contributed by atoms with Crippen LogP contribution in [0.5, 0.6) is 0 Å². The topological polar surface area (TPSA) is 63.5 Å². The number of halogens is 2. The second kappa shape index (κ2) is 4.86. The fourth-order valence-electron chi connectivity index (χ4n) is 1.21. The van der Waals surface area contributed by atoms with Crippen LogP contribution in [0.3, 0.4) is 0 Å². The van der Waals surface area contributed by atoms with E-state index in [1.54, 1.807) is 6.92 Å². The Labute approximate surface area is 95.8 Å². The van der Waals surface area contributed by atoms with E-state index in [0.717, 1.165) is 4.90 Å². The highest BCUT2D eigenvalue weighted by Gasteiger charge is 2.27. The SMILES string of the molecule is CCN(C)C(=O)c1c(F)ccc([N+](=O)[O-])c1F. The van der Waals surface area contributed by atoms with Crippen molar-refractivity contribution in [3.8, 4) is 0 Å². The van der Waals surface area contributed by atoms with Crippen LogP contribution in [0.4, 0.5) is 14.5 Å². The lowest BCUT2D eigenvalue weighted by molar-refractivity contribution is -0.387. The van der Waals surface area contributed by atoms with Crippen LogP contribution < -0.4 is 0 Å². The monoisotopic (exact) mass is 244 g/mol. The van der Waals surface area contributed by atoms with E-state index < -0.39 is 33.7 Å². The Morgan fingerprint density at radius 3 is 2.53 bits per heavy atom. The third-order valence-corrected chi connectivity index (χ3v) is 2.30. The van der Waals surface area contributed by atoms with Crippen molar-refractivity contribution >= 4 is 11.6 Å². The van der Waals surface area contributed by atoms with Crippen LogP contribution in [0.1, 0.15) is 17.3 Å². The Balaban J connectivity index is 3.37. The molecule has 5 nitrogen and oxygen atoms in total. The highest BCUT2D eigenvalue weighted by Crippen LogP contribution is 2.23. The van der Waals surface area contributed by atoms with Gasteiger partial charge in [-0.15, -0.1) is 0 Å². The molecular weight excluding hydrogens is 234 g/mol. The number of nitrogens with zero attached hydrogens (tertiary/aromatic N) is 2. The van der Waals surface area contributed by atoms with Gasteiger partial charge in [-0.1, -0.05) is 0 Å². The van der Waals surface area contributed by atoms with Crippen LogP contribution in [0.2, 0.25) is 0 Å². The maximum atomic E-state index is 13.6. The summed E-state index contributed by atoms with van der Waals surface area (Å²) in [4.78, 5) is 22.1. The van der Waals surface area contributed by atoms with Gasteiger partial charge in [0.05, 0.1) is 4.92 Å². The average Bonchev–Trinajstić information content (AvgIpc) is 2.27. The molecule has 0 bridgehead atoms. The number of nitro benzene ring substituents is 1. The summed E-state index contributed by atoms with van der Waals surface area (Å²) >= 11 is 0. The summed E-state index contributed by atoms with van der Waals surface area (Å²) in [7, 11) is 1.35. The summed E-state index contributed by atoms with van der Waals surface area (Å²) in [5.74, 6) is -3.48. The van der Waals surface area contributed by atoms with Crippen LogP contribution in [0, 0.1) is 21.7 Å². The summed E-state index contributed by atoms with van der Waals surface area (Å²) in [5, 5.41) is 10.5. The number of carbonyl (C=O) groups excluding carboxylic acids is 1. The zero-order valence-electron chi connectivity index (χ0n) is 9.24. The molecule has 0 aliphatic heterocycles. The van der Waals surface area contributed by atoms with Crippen molar-refractivity contribution in [2.24, 2.45) is 0 Å². The molecule has 92 valence electrons. The van der Waals surface area contributed by atoms with Gasteiger partial charge in [-0.3, -0.25) is 14.9 Å². The summed E-state index contributed by atoms with van der Waals surface area (Å²) in [6, 6.07) is 1.39. The van der Waals surface area contributed by atoms with E-state index in [1.807, 2.05) is 0 Å². The first-order valence-corrected chi connectivity index (χ1v) is 4.78. The van der Waals surface area contributed by atoms with E-state index >= 15 is 0 Å². The lowest BCUT2D eigenvalue weighted by Gasteiger charge is -2.15. The lowest BCUT2D eigenvalue weighted by atomic mass is 10.1. The van der Waals surface area contributed by atoms with Crippen LogP contribution in [-0.2, 0) is 0 Å². The molecular formula is C10H10F2N2O3. The molecule has 0 fully saturated rings. The Hall–Kier alpha value is -2.05. The van der Waals surface area contributed by atoms with E-state index in [-0.39, 0.29) is 6.54 Å². The smallest absolute Gasteiger partial charge is 0.305 e. The lowest BCUT2D eigenvalue weighted by Crippen LogP contribution is -2.28. The quantitative estimate of drug-likeness (QED) is 0.603. The van der Waals surface area contributed by atoms with Gasteiger partial charge in [0.25, 0.3) is 5.91 Å². The standard InChI is InChI=1S/C10H10F2N2O3/c1-3-13(2)10(15)8-6(11)4-5-7(9(8)12)14(16)17/h4-5H,3H2,1-2H3. The Morgan fingerprint density at radius 1 is 1.47 bits per heavy atom. The molecule has 17 heavy (non-hydrogen) atoms. The van der Waals surface area contributed by atoms with Gasteiger partial charge in [0.15, 0.2) is 0 Å². The number of benzene rings is 1. The van der Waals surface area contributed by atoms with Crippen LogP contribution in [0.15, 0.2) is 12.1 Å². The molecule has 7 heteroatoms. The van der Waals surface area contributed by atoms with Crippen molar-refractivity contribution in [1.29, 1.82) is 0 Å². The minimum Gasteiger partial charge on any atom is -0.342 e. The maximum absolute atomic E-state index is 13.6. The molecule has 0 N–H and O–H groups in total. The molecule has 0 spiro atoms. The first kappa shape index (κ1) is 13.0. The van der Waals surface area contributed by atoms with Crippen molar-refractivity contribution in [3.05, 3.63) is 39.4 Å². The highest BCUT2D eigenvalue weighted by atomic mass is 19.1. The van der Waals surface area contributed by atoms with Gasteiger partial charge in [0.1, 0.15) is 11.4 Å². The van der Waals surface area contributed by atoms with Crippen molar-refractivity contribution in [3.63, 3.8) is 0 Å². The molecule has 1 aromatic carbocycles. The molecule has 0 aromatic heterocycles. The van der Waals surface area contributed by atoms with E-state index in [2.05, 4.69) is 0 Å². The molecule has 0 saturated carbocycles. The third-order valence-electron chi connectivity index (χ3n) is 2.30. The minimum atomic E-state index is -1.44. The number of hydrogen-bond donors (Lipinski definition) is 0. The first-order valence-electron chi connectivity index (χ1n) is 4.78. The molecule has 0 unspecified atom stereocenters. The van der Waals surface area contributed by atoms with E-state index in [1.165, 1.54) is 7.05 Å². The summed E-state index contributed by atoms with van der Waals surface area (Å²) in [6.45, 7) is 1.85. The van der Waals surface area contributed by atoms with Crippen molar-refractivity contribution < 1.29 is 18.5 Å². The number of carbonyl (C=O) groups is 1. The molecule has 0 heterocycles. The number of nitro groups is 1. The molecule has 0 atom stereocenters. The van der Waals surface area contributed by atoms with Crippen molar-refractivity contribution in [2.45, 2.75) is 6.92 Å². The zero-order chi connectivity index (χ0) is 13.2. The summed E-state index contributed by atoms with van der Waals surface area (Å²) < 4.78 is 26.9. The second-order valence-corrected chi connectivity index (χ2v) is 3.33. The fourth-order valence-corrected chi connectivity index (χ4v) is 1.21. The van der Waals surface area contributed by atoms with Gasteiger partial charge < -0.3 is 4.90 Å². The Kier molecular flexibility index (Phi) is 3.72. The summed E-state index contributed by atoms with van der Waals surface area (Å²) in [6.07, 6.45) is 0. The van der Waals surface area contributed by atoms with Gasteiger partial charge in [-0.2, -0.15) is 4.39 Å². The number of amides is 1.